The number of nitrogens with zero attached hydrogens (tertiary/aromatic N) is 3. The highest BCUT2D eigenvalue weighted by atomic mass is 35.5. The third-order valence-electron chi connectivity index (χ3n) is 5.15. The molecular formula is C23H18Cl4N4O. The molecule has 1 amide bonds. The summed E-state index contributed by atoms with van der Waals surface area (Å²) in [6, 6.07) is 11.9. The second-order valence-corrected chi connectivity index (χ2v) is 8.97. The van der Waals surface area contributed by atoms with Gasteiger partial charge < -0.3 is 9.88 Å². The first-order valence-corrected chi connectivity index (χ1v) is 11.3. The Morgan fingerprint density at radius 2 is 1.72 bits per heavy atom. The van der Waals surface area contributed by atoms with E-state index < -0.39 is 6.04 Å². The van der Waals surface area contributed by atoms with E-state index >= 15 is 0 Å². The largest absolute Gasteiger partial charge is 0.350 e. The van der Waals surface area contributed by atoms with Crippen molar-refractivity contribution in [1.29, 1.82) is 0 Å². The lowest BCUT2D eigenvalue weighted by Gasteiger charge is -2.18. The number of fused-ring (bicyclic) bond motifs is 1. The maximum Gasteiger partial charge on any atom is 0.243 e. The number of amides is 1. The molecule has 0 aliphatic rings. The van der Waals surface area contributed by atoms with Crippen molar-refractivity contribution in [3.05, 3.63) is 91.9 Å². The van der Waals surface area contributed by atoms with Crippen LogP contribution < -0.4 is 5.32 Å². The highest BCUT2D eigenvalue weighted by molar-refractivity contribution is 6.42. The first-order valence-electron chi connectivity index (χ1n) is 9.80. The maximum atomic E-state index is 13.0. The monoisotopic (exact) mass is 506 g/mol. The molecule has 0 aliphatic carbocycles. The van der Waals surface area contributed by atoms with Crippen LogP contribution in [-0.4, -0.2) is 20.4 Å². The highest BCUT2D eigenvalue weighted by Crippen LogP contribution is 2.32. The molecule has 2 aromatic carbocycles. The zero-order valence-corrected chi connectivity index (χ0v) is 20.0. The lowest BCUT2D eigenvalue weighted by Crippen LogP contribution is -2.31. The number of nitrogens with one attached hydrogen (secondary N) is 1. The van der Waals surface area contributed by atoms with Gasteiger partial charge in [-0.25, -0.2) is 4.98 Å². The summed E-state index contributed by atoms with van der Waals surface area (Å²) in [5.41, 5.74) is 3.16. The van der Waals surface area contributed by atoms with E-state index in [2.05, 4.69) is 10.3 Å². The molecule has 9 heteroatoms. The molecule has 2 heterocycles. The maximum absolute atomic E-state index is 13.0. The third-order valence-corrected chi connectivity index (χ3v) is 6.46. The Labute approximate surface area is 205 Å². The van der Waals surface area contributed by atoms with Gasteiger partial charge in [0, 0.05) is 35.4 Å². The van der Waals surface area contributed by atoms with Gasteiger partial charge in [0.15, 0.2) is 0 Å². The standard InChI is InChI=1S/C23H18Cl4N4O/c1-13(23(32)29-12-14-4-6-28-7-5-14)31-21-11-19(27)18(26)10-20(21)30-22(31)8-15-2-3-16(24)9-17(15)25/h2-7,9-11,13H,8,12H2,1H3,(H,29,32)/t13-/m0/s1. The van der Waals surface area contributed by atoms with Crippen LogP contribution >= 0.6 is 46.4 Å². The molecule has 0 saturated heterocycles. The SMILES string of the molecule is C[C@@H](C(=O)NCc1ccncc1)n1c(Cc2ccc(Cl)cc2Cl)nc2cc(Cl)c(Cl)cc21. The molecule has 0 saturated carbocycles. The van der Waals surface area contributed by atoms with Gasteiger partial charge in [-0.05, 0) is 54.4 Å². The van der Waals surface area contributed by atoms with Crippen molar-refractivity contribution >= 4 is 63.3 Å². The fourth-order valence-electron chi connectivity index (χ4n) is 3.49. The third kappa shape index (κ3) is 4.86. The van der Waals surface area contributed by atoms with Gasteiger partial charge in [-0.15, -0.1) is 0 Å². The molecule has 4 aromatic rings. The molecule has 0 aliphatic heterocycles. The number of halogens is 4. The van der Waals surface area contributed by atoms with E-state index in [1.54, 1.807) is 36.7 Å². The zero-order valence-electron chi connectivity index (χ0n) is 16.9. The van der Waals surface area contributed by atoms with Gasteiger partial charge in [-0.2, -0.15) is 0 Å². The number of hydrogen-bond acceptors (Lipinski definition) is 3. The van der Waals surface area contributed by atoms with Crippen LogP contribution in [0.4, 0.5) is 0 Å². The van der Waals surface area contributed by atoms with Crippen LogP contribution in [0.15, 0.2) is 54.9 Å². The predicted octanol–water partition coefficient (Wildman–Crippen LogP) is 6.51. The number of benzene rings is 2. The molecule has 5 nitrogen and oxygen atoms in total. The normalized spacial score (nSPS) is 12.2. The molecule has 0 spiro atoms. The number of pyridine rings is 1. The van der Waals surface area contributed by atoms with Crippen molar-refractivity contribution in [1.82, 2.24) is 19.9 Å². The van der Waals surface area contributed by atoms with E-state index in [1.165, 1.54) is 0 Å². The van der Waals surface area contributed by atoms with E-state index in [1.807, 2.05) is 29.7 Å². The van der Waals surface area contributed by atoms with E-state index in [9.17, 15) is 4.79 Å². The van der Waals surface area contributed by atoms with Gasteiger partial charge in [0.25, 0.3) is 0 Å². The van der Waals surface area contributed by atoms with Crippen molar-refractivity contribution in [2.24, 2.45) is 0 Å². The van der Waals surface area contributed by atoms with E-state index in [4.69, 9.17) is 51.4 Å². The molecule has 32 heavy (non-hydrogen) atoms. The van der Waals surface area contributed by atoms with E-state index in [0.29, 0.717) is 49.9 Å². The number of imidazole rings is 1. The summed E-state index contributed by atoms with van der Waals surface area (Å²) in [6.45, 7) is 2.21. The number of rotatable bonds is 6. The minimum absolute atomic E-state index is 0.157. The van der Waals surface area contributed by atoms with Gasteiger partial charge in [-0.1, -0.05) is 52.5 Å². The second-order valence-electron chi connectivity index (χ2n) is 7.31. The molecule has 164 valence electrons. The summed E-state index contributed by atoms with van der Waals surface area (Å²) < 4.78 is 1.87. The summed E-state index contributed by atoms with van der Waals surface area (Å²) >= 11 is 24.9. The van der Waals surface area contributed by atoms with Gasteiger partial charge >= 0.3 is 0 Å². The van der Waals surface area contributed by atoms with Crippen LogP contribution in [0.2, 0.25) is 20.1 Å². The fourth-order valence-corrected chi connectivity index (χ4v) is 4.28. The molecule has 0 radical (unpaired) electrons. The summed E-state index contributed by atoms with van der Waals surface area (Å²) in [7, 11) is 0. The van der Waals surface area contributed by atoms with Crippen LogP contribution in [0, 0.1) is 0 Å². The Kier molecular flexibility index (Phi) is 6.91. The minimum Gasteiger partial charge on any atom is -0.350 e. The molecule has 0 bridgehead atoms. The smallest absolute Gasteiger partial charge is 0.243 e. The van der Waals surface area contributed by atoms with Gasteiger partial charge in [0.05, 0.1) is 21.1 Å². The topological polar surface area (TPSA) is 59.8 Å². The minimum atomic E-state index is -0.555. The van der Waals surface area contributed by atoms with Gasteiger partial charge in [0.1, 0.15) is 11.9 Å². The molecule has 4 rings (SSSR count). The predicted molar refractivity (Wildman–Crippen MR) is 130 cm³/mol. The van der Waals surface area contributed by atoms with Crippen molar-refractivity contribution < 1.29 is 4.79 Å². The number of hydrogen-bond donors (Lipinski definition) is 1. The van der Waals surface area contributed by atoms with Gasteiger partial charge in [0.2, 0.25) is 5.91 Å². The quantitative estimate of drug-likeness (QED) is 0.323. The molecule has 0 fully saturated rings. The van der Waals surface area contributed by atoms with Crippen LogP contribution in [0.3, 0.4) is 0 Å². The summed E-state index contributed by atoms with van der Waals surface area (Å²) in [5.74, 6) is 0.504. The first-order chi connectivity index (χ1) is 15.3. The molecule has 1 N–H and O–H groups in total. The Hall–Kier alpha value is -2.31. The van der Waals surface area contributed by atoms with Crippen molar-refractivity contribution in [3.63, 3.8) is 0 Å². The summed E-state index contributed by atoms with van der Waals surface area (Å²) in [5, 5.41) is 4.84. The van der Waals surface area contributed by atoms with Crippen LogP contribution in [0.1, 0.15) is 29.9 Å². The highest BCUT2D eigenvalue weighted by Gasteiger charge is 2.23. The number of carbonyl (C=O) groups excluding carboxylic acids is 1. The zero-order chi connectivity index (χ0) is 22.8. The van der Waals surface area contributed by atoms with Crippen molar-refractivity contribution in [3.8, 4) is 0 Å². The first kappa shape index (κ1) is 22.9. The number of carbonyl (C=O) groups is 1. The Balaban J connectivity index is 1.71. The Bertz CT molecular complexity index is 1290. The number of aromatic nitrogens is 3. The molecule has 1 atom stereocenters. The molecule has 2 aromatic heterocycles. The lowest BCUT2D eigenvalue weighted by molar-refractivity contribution is -0.124. The van der Waals surface area contributed by atoms with E-state index in [-0.39, 0.29) is 5.91 Å². The van der Waals surface area contributed by atoms with Crippen LogP contribution in [0.25, 0.3) is 11.0 Å². The summed E-state index contributed by atoms with van der Waals surface area (Å²) in [4.78, 5) is 21.8. The van der Waals surface area contributed by atoms with E-state index in [0.717, 1.165) is 11.1 Å². The average Bonchev–Trinajstić information content (AvgIpc) is 3.11. The fraction of sp³-hybridized carbons (Fsp3) is 0.174. The van der Waals surface area contributed by atoms with Crippen LogP contribution in [-0.2, 0) is 17.8 Å². The van der Waals surface area contributed by atoms with Crippen molar-refractivity contribution in [2.75, 3.05) is 0 Å². The van der Waals surface area contributed by atoms with Crippen molar-refractivity contribution in [2.45, 2.75) is 25.9 Å². The lowest BCUT2D eigenvalue weighted by atomic mass is 10.1. The molecular weight excluding hydrogens is 490 g/mol. The summed E-state index contributed by atoms with van der Waals surface area (Å²) in [6.07, 6.45) is 3.78. The second kappa shape index (κ2) is 9.67. The van der Waals surface area contributed by atoms with Crippen LogP contribution in [0.5, 0.6) is 0 Å². The van der Waals surface area contributed by atoms with Gasteiger partial charge in [-0.3, -0.25) is 9.78 Å². The molecule has 0 unspecified atom stereocenters. The Morgan fingerprint density at radius 1 is 1.00 bits per heavy atom. The Morgan fingerprint density at radius 3 is 2.44 bits per heavy atom. The average molecular weight is 508 g/mol.